The average Bonchev–Trinajstić information content (AvgIpc) is 2.37. The summed E-state index contributed by atoms with van der Waals surface area (Å²) >= 11 is 0. The number of hydrogen-bond donors (Lipinski definition) is 1. The molecule has 18 heavy (non-hydrogen) atoms. The molecule has 0 heterocycles. The Morgan fingerprint density at radius 2 is 1.94 bits per heavy atom. The molecule has 0 aliphatic heterocycles. The van der Waals surface area contributed by atoms with Crippen LogP contribution in [0.4, 0.5) is 0 Å². The van der Waals surface area contributed by atoms with Crippen LogP contribution in [0.25, 0.3) is 0 Å². The fourth-order valence-corrected chi connectivity index (χ4v) is 1.21. The van der Waals surface area contributed by atoms with Gasteiger partial charge in [-0.2, -0.15) is 0 Å². The van der Waals surface area contributed by atoms with Gasteiger partial charge in [0.2, 0.25) is 12.1 Å². The molecule has 0 aliphatic rings. The molecule has 0 aliphatic carbocycles. The summed E-state index contributed by atoms with van der Waals surface area (Å²) in [5.74, 6) is 2.01. The van der Waals surface area contributed by atoms with Crippen LogP contribution < -0.4 is 10.1 Å². The van der Waals surface area contributed by atoms with E-state index in [1.165, 1.54) is 14.0 Å². The first kappa shape index (κ1) is 13.6. The monoisotopic (exact) mass is 247 g/mol. The zero-order chi connectivity index (χ0) is 13.5. The molecule has 94 valence electrons. The predicted octanol–water partition coefficient (Wildman–Crippen LogP) is 0.947. The molecule has 0 radical (unpaired) electrons. The Hall–Kier alpha value is -2.48. The largest absolute Gasteiger partial charge is 0.465 e. The van der Waals surface area contributed by atoms with Gasteiger partial charge in [-0.25, -0.2) is 4.79 Å². The lowest BCUT2D eigenvalue weighted by atomic mass is 10.2. The van der Waals surface area contributed by atoms with Gasteiger partial charge >= 0.3 is 5.97 Å². The molecule has 1 rings (SSSR count). The highest BCUT2D eigenvalue weighted by Crippen LogP contribution is 2.13. The van der Waals surface area contributed by atoms with Crippen LogP contribution in [0.3, 0.4) is 0 Å². The first-order valence-corrected chi connectivity index (χ1v) is 5.15. The molecule has 1 atom stereocenters. The maximum Gasteiger partial charge on any atom is 0.337 e. The maximum absolute atomic E-state index is 11.2. The zero-order valence-electron chi connectivity index (χ0n) is 10.1. The molecule has 0 aromatic heterocycles. The molecule has 5 nitrogen and oxygen atoms in total. The van der Waals surface area contributed by atoms with Crippen molar-refractivity contribution in [2.45, 2.75) is 13.2 Å². The number of esters is 1. The highest BCUT2D eigenvalue weighted by molar-refractivity contribution is 5.89. The van der Waals surface area contributed by atoms with Crippen molar-refractivity contribution in [2.75, 3.05) is 7.11 Å². The second-order valence-corrected chi connectivity index (χ2v) is 3.38. The normalized spacial score (nSPS) is 10.9. The van der Waals surface area contributed by atoms with Crippen LogP contribution in [0.2, 0.25) is 0 Å². The molecule has 1 amide bonds. The molecular formula is C13H13NO4. The number of methoxy groups -OCH3 is 1. The molecule has 1 aromatic rings. The number of carbonyl (C=O) groups is 2. The Kier molecular flexibility index (Phi) is 4.76. The van der Waals surface area contributed by atoms with E-state index in [1.54, 1.807) is 24.3 Å². The molecular weight excluding hydrogens is 234 g/mol. The number of benzene rings is 1. The predicted molar refractivity (Wildman–Crippen MR) is 64.8 cm³/mol. The van der Waals surface area contributed by atoms with Crippen molar-refractivity contribution in [1.82, 2.24) is 5.32 Å². The summed E-state index contributed by atoms with van der Waals surface area (Å²) in [4.78, 5) is 22.0. The summed E-state index contributed by atoms with van der Waals surface area (Å²) in [5, 5.41) is 2.44. The topological polar surface area (TPSA) is 64.6 Å². The fraction of sp³-hybridized carbons (Fsp3) is 0.231. The lowest BCUT2D eigenvalue weighted by Crippen LogP contribution is -2.36. The van der Waals surface area contributed by atoms with Crippen molar-refractivity contribution in [2.24, 2.45) is 0 Å². The molecule has 0 saturated carbocycles. The smallest absolute Gasteiger partial charge is 0.337 e. The van der Waals surface area contributed by atoms with E-state index in [2.05, 4.69) is 16.0 Å². The third-order valence-corrected chi connectivity index (χ3v) is 2.02. The van der Waals surface area contributed by atoms with Crippen LogP contribution in [0.5, 0.6) is 5.75 Å². The van der Waals surface area contributed by atoms with Gasteiger partial charge in [-0.05, 0) is 30.2 Å². The minimum absolute atomic E-state index is 0.288. The molecule has 1 N–H and O–H groups in total. The van der Waals surface area contributed by atoms with Gasteiger partial charge in [0.05, 0.1) is 12.7 Å². The van der Waals surface area contributed by atoms with Gasteiger partial charge in [0.25, 0.3) is 0 Å². The van der Waals surface area contributed by atoms with Gasteiger partial charge in [0.1, 0.15) is 5.75 Å². The average molecular weight is 247 g/mol. The lowest BCUT2D eigenvalue weighted by Gasteiger charge is -2.14. The number of terminal acetylenes is 1. The van der Waals surface area contributed by atoms with Gasteiger partial charge in [-0.3, -0.25) is 4.79 Å². The Labute approximate surface area is 105 Å². The zero-order valence-corrected chi connectivity index (χ0v) is 10.1. The van der Waals surface area contributed by atoms with Gasteiger partial charge in [-0.1, -0.05) is 0 Å². The van der Waals surface area contributed by atoms with Crippen LogP contribution in [-0.4, -0.2) is 25.2 Å². The van der Waals surface area contributed by atoms with Crippen molar-refractivity contribution in [3.63, 3.8) is 0 Å². The summed E-state index contributed by atoms with van der Waals surface area (Å²) in [7, 11) is 1.30. The molecule has 1 aromatic carbocycles. The SMILES string of the molecule is C#CC(NC(C)=O)Oc1ccc(C(=O)OC)cc1. The lowest BCUT2D eigenvalue weighted by molar-refractivity contribution is -0.120. The third kappa shape index (κ3) is 3.83. The van der Waals surface area contributed by atoms with E-state index in [0.717, 1.165) is 0 Å². The van der Waals surface area contributed by atoms with Crippen LogP contribution in [0.1, 0.15) is 17.3 Å². The summed E-state index contributed by atoms with van der Waals surface area (Å²) < 4.78 is 9.88. The summed E-state index contributed by atoms with van der Waals surface area (Å²) in [6.45, 7) is 1.34. The molecule has 0 saturated heterocycles. The Morgan fingerprint density at radius 1 is 1.33 bits per heavy atom. The van der Waals surface area contributed by atoms with E-state index in [-0.39, 0.29) is 5.91 Å². The maximum atomic E-state index is 11.2. The minimum Gasteiger partial charge on any atom is -0.465 e. The third-order valence-electron chi connectivity index (χ3n) is 2.02. The molecule has 0 fully saturated rings. The van der Waals surface area contributed by atoms with Gasteiger partial charge in [-0.15, -0.1) is 6.42 Å². The highest BCUT2D eigenvalue weighted by Gasteiger charge is 2.09. The van der Waals surface area contributed by atoms with Gasteiger partial charge < -0.3 is 14.8 Å². The fourth-order valence-electron chi connectivity index (χ4n) is 1.21. The number of amides is 1. The summed E-state index contributed by atoms with van der Waals surface area (Å²) in [5.41, 5.74) is 0.404. The number of hydrogen-bond acceptors (Lipinski definition) is 4. The molecule has 5 heteroatoms. The quantitative estimate of drug-likeness (QED) is 0.488. The van der Waals surface area contributed by atoms with Crippen molar-refractivity contribution in [1.29, 1.82) is 0 Å². The number of ether oxygens (including phenoxy) is 2. The van der Waals surface area contributed by atoms with E-state index in [9.17, 15) is 9.59 Å². The van der Waals surface area contributed by atoms with Crippen LogP contribution in [-0.2, 0) is 9.53 Å². The molecule has 0 bridgehead atoms. The van der Waals surface area contributed by atoms with Crippen LogP contribution in [0, 0.1) is 12.3 Å². The van der Waals surface area contributed by atoms with Crippen molar-refractivity contribution in [3.8, 4) is 18.1 Å². The van der Waals surface area contributed by atoms with Crippen molar-refractivity contribution in [3.05, 3.63) is 29.8 Å². The summed E-state index contributed by atoms with van der Waals surface area (Å²) in [6, 6.07) is 6.22. The number of nitrogens with one attached hydrogen (secondary N) is 1. The Balaban J connectivity index is 2.71. The van der Waals surface area contributed by atoms with Crippen LogP contribution >= 0.6 is 0 Å². The molecule has 0 spiro atoms. The second-order valence-electron chi connectivity index (χ2n) is 3.38. The van der Waals surface area contributed by atoms with Gasteiger partial charge in [0.15, 0.2) is 0 Å². The van der Waals surface area contributed by atoms with E-state index in [0.29, 0.717) is 11.3 Å². The second kappa shape index (κ2) is 6.30. The standard InChI is InChI=1S/C13H13NO4/c1-4-12(14-9(2)15)18-11-7-5-10(6-8-11)13(16)17-3/h1,5-8,12H,2-3H3,(H,14,15). The van der Waals surface area contributed by atoms with Gasteiger partial charge in [0, 0.05) is 6.92 Å². The van der Waals surface area contributed by atoms with Crippen LogP contribution in [0.15, 0.2) is 24.3 Å². The Bertz CT molecular complexity index is 473. The molecule has 1 unspecified atom stereocenters. The van der Waals surface area contributed by atoms with E-state index >= 15 is 0 Å². The van der Waals surface area contributed by atoms with E-state index in [4.69, 9.17) is 11.2 Å². The number of rotatable bonds is 4. The first-order valence-electron chi connectivity index (χ1n) is 5.15. The van der Waals surface area contributed by atoms with E-state index in [1.807, 2.05) is 0 Å². The van der Waals surface area contributed by atoms with Crippen molar-refractivity contribution >= 4 is 11.9 Å². The van der Waals surface area contributed by atoms with E-state index < -0.39 is 12.2 Å². The van der Waals surface area contributed by atoms with Crippen molar-refractivity contribution < 1.29 is 19.1 Å². The summed E-state index contributed by atoms with van der Waals surface area (Å²) in [6.07, 6.45) is 4.36. The number of carbonyl (C=O) groups excluding carboxylic acids is 2. The first-order chi connectivity index (χ1) is 8.56. The highest BCUT2D eigenvalue weighted by atomic mass is 16.5. The Morgan fingerprint density at radius 3 is 2.39 bits per heavy atom. The minimum atomic E-state index is -0.841.